The van der Waals surface area contributed by atoms with E-state index in [1.165, 1.54) is 37.3 Å². The van der Waals surface area contributed by atoms with Crippen molar-refractivity contribution < 1.29 is 58.9 Å². The number of benzene rings is 1. The minimum atomic E-state index is -2.45. The summed E-state index contributed by atoms with van der Waals surface area (Å²) >= 11 is 0. The standard InChI is InChI=1S/C32H39FN2O11/c1-29-10-8-21(36)13-20(29)6-7-22-23-14-24(37)32(42,30(23,2)15-25(38)31(22,29)33)26(39)17-45-27(40)16-34-28(41)19-5-3-4-18(12-19)9-11-46-35(43)44/h3-5,8,10,12-13,22-25,37-38,42-44H,6-7,9,11,14-17H2,1-2H3,(H,34,41)/t22-,23-,24+,25-,29-,30-,31-,32-/m0/s1. The Morgan fingerprint density at radius 2 is 1.87 bits per heavy atom. The molecule has 6 N–H and O–H groups in total. The maximum absolute atomic E-state index is 17.2. The molecule has 0 heterocycles. The van der Waals surface area contributed by atoms with E-state index in [0.29, 0.717) is 17.6 Å². The van der Waals surface area contributed by atoms with E-state index in [9.17, 15) is 34.5 Å². The molecule has 13 nitrogen and oxygen atoms in total. The number of ether oxygens (including phenoxy) is 1. The van der Waals surface area contributed by atoms with Crippen molar-refractivity contribution in [2.45, 2.75) is 69.4 Å². The molecule has 8 atom stereocenters. The second-order valence-electron chi connectivity index (χ2n) is 13.1. The van der Waals surface area contributed by atoms with E-state index in [1.54, 1.807) is 19.1 Å². The minimum Gasteiger partial charge on any atom is -0.456 e. The van der Waals surface area contributed by atoms with Gasteiger partial charge in [-0.25, -0.2) is 4.39 Å². The Kier molecular flexibility index (Phi) is 9.11. The molecule has 3 saturated carbocycles. The number of alkyl halides is 1. The van der Waals surface area contributed by atoms with Gasteiger partial charge in [-0.3, -0.25) is 34.4 Å². The predicted octanol–water partition coefficient (Wildman–Crippen LogP) is 1.16. The smallest absolute Gasteiger partial charge is 0.325 e. The van der Waals surface area contributed by atoms with Gasteiger partial charge in [0, 0.05) is 22.3 Å². The van der Waals surface area contributed by atoms with Crippen LogP contribution in [0.25, 0.3) is 0 Å². The van der Waals surface area contributed by atoms with Crippen molar-refractivity contribution in [3.05, 3.63) is 59.2 Å². The molecule has 0 spiro atoms. The Hall–Kier alpha value is -3.37. The van der Waals surface area contributed by atoms with Gasteiger partial charge in [0.1, 0.15) is 6.54 Å². The first-order valence-electron chi connectivity index (χ1n) is 15.2. The van der Waals surface area contributed by atoms with Gasteiger partial charge < -0.3 is 25.4 Å². The molecule has 5 rings (SSSR count). The van der Waals surface area contributed by atoms with E-state index in [-0.39, 0.29) is 43.6 Å². The number of hydrogen-bond acceptors (Lipinski definition) is 12. The average molecular weight is 647 g/mol. The highest BCUT2D eigenvalue weighted by molar-refractivity contribution is 6.01. The van der Waals surface area contributed by atoms with Gasteiger partial charge in [0.05, 0.1) is 24.2 Å². The van der Waals surface area contributed by atoms with E-state index in [4.69, 9.17) is 15.2 Å². The SMILES string of the molecule is C[C@]12C=CC(=O)C=C1CC[C@H]1[C@@H]3C[C@@H](O)[C@](O)(C(=O)COC(=O)CNC(=O)c4cccc(CCON(O)O)c4)[C@@]3(C)C[C@H](O)[C@@]12F. The number of rotatable bonds is 10. The lowest BCUT2D eigenvalue weighted by Crippen LogP contribution is -2.69. The zero-order valence-corrected chi connectivity index (χ0v) is 25.5. The third-order valence-electron chi connectivity index (χ3n) is 10.8. The Labute approximate surface area is 264 Å². The number of fused-ring (bicyclic) bond motifs is 5. The number of aliphatic hydroxyl groups excluding tert-OH is 2. The number of amides is 1. The van der Waals surface area contributed by atoms with Crippen molar-refractivity contribution in [2.24, 2.45) is 22.7 Å². The summed E-state index contributed by atoms with van der Waals surface area (Å²) in [7, 11) is 0. The van der Waals surface area contributed by atoms with Crippen LogP contribution in [0.15, 0.2) is 48.1 Å². The molecular formula is C32H39FN2O11. The normalized spacial score (nSPS) is 36.4. The third-order valence-corrected chi connectivity index (χ3v) is 10.8. The first-order valence-corrected chi connectivity index (χ1v) is 15.2. The highest BCUT2D eigenvalue weighted by atomic mass is 19.1. The van der Waals surface area contributed by atoms with Gasteiger partial charge in [0.25, 0.3) is 5.91 Å². The van der Waals surface area contributed by atoms with Crippen molar-refractivity contribution >= 4 is 23.4 Å². The first kappa shape index (κ1) is 34.0. The van der Waals surface area contributed by atoms with Gasteiger partial charge in [0.15, 0.2) is 23.7 Å². The number of carbonyl (C=O) groups excluding carboxylic acids is 4. The molecule has 0 radical (unpaired) electrons. The molecule has 250 valence electrons. The molecule has 1 aromatic carbocycles. The van der Waals surface area contributed by atoms with Crippen molar-refractivity contribution in [1.82, 2.24) is 10.7 Å². The Morgan fingerprint density at radius 1 is 1.13 bits per heavy atom. The summed E-state index contributed by atoms with van der Waals surface area (Å²) < 4.78 is 22.3. The molecule has 0 aromatic heterocycles. The molecule has 1 aromatic rings. The molecule has 0 bridgehead atoms. The van der Waals surface area contributed by atoms with Crippen LogP contribution in [0.2, 0.25) is 0 Å². The van der Waals surface area contributed by atoms with Gasteiger partial charge in [-0.05, 0) is 74.8 Å². The maximum Gasteiger partial charge on any atom is 0.325 e. The van der Waals surface area contributed by atoms with Crippen LogP contribution in [0.1, 0.15) is 55.5 Å². The molecule has 4 aliphatic rings. The second kappa shape index (κ2) is 12.3. The van der Waals surface area contributed by atoms with Crippen molar-refractivity contribution in [1.29, 1.82) is 0 Å². The molecule has 0 saturated heterocycles. The Bertz CT molecular complexity index is 1480. The largest absolute Gasteiger partial charge is 0.456 e. The fourth-order valence-electron chi connectivity index (χ4n) is 8.40. The van der Waals surface area contributed by atoms with Gasteiger partial charge in [0.2, 0.25) is 5.78 Å². The van der Waals surface area contributed by atoms with Crippen LogP contribution < -0.4 is 5.32 Å². The molecule has 4 aliphatic carbocycles. The summed E-state index contributed by atoms with van der Waals surface area (Å²) in [5.74, 6) is -4.43. The number of aliphatic hydroxyl groups is 3. The molecule has 3 fully saturated rings. The summed E-state index contributed by atoms with van der Waals surface area (Å²) in [5, 5.41) is 53.5. The minimum absolute atomic E-state index is 0.0787. The zero-order chi connectivity index (χ0) is 33.7. The average Bonchev–Trinajstić information content (AvgIpc) is 3.21. The summed E-state index contributed by atoms with van der Waals surface area (Å²) in [5.41, 5.74) is -6.00. The van der Waals surface area contributed by atoms with Crippen LogP contribution in [0.3, 0.4) is 0 Å². The van der Waals surface area contributed by atoms with Crippen molar-refractivity contribution in [2.75, 3.05) is 19.8 Å². The van der Waals surface area contributed by atoms with Gasteiger partial charge in [-0.1, -0.05) is 30.7 Å². The van der Waals surface area contributed by atoms with Crippen molar-refractivity contribution in [3.63, 3.8) is 0 Å². The quantitative estimate of drug-likeness (QED) is 0.157. The van der Waals surface area contributed by atoms with E-state index >= 15 is 4.39 Å². The van der Waals surface area contributed by atoms with Crippen molar-refractivity contribution in [3.8, 4) is 0 Å². The lowest BCUT2D eigenvalue weighted by Gasteiger charge is -2.62. The van der Waals surface area contributed by atoms with Gasteiger partial charge in [-0.2, -0.15) is 0 Å². The van der Waals surface area contributed by atoms with Crippen LogP contribution in [-0.2, 0) is 30.4 Å². The molecule has 46 heavy (non-hydrogen) atoms. The number of carbonyl (C=O) groups is 4. The van der Waals surface area contributed by atoms with E-state index in [2.05, 4.69) is 10.2 Å². The van der Waals surface area contributed by atoms with Crippen LogP contribution in [0.5, 0.6) is 0 Å². The Balaban J connectivity index is 1.22. The molecule has 0 unspecified atom stereocenters. The van der Waals surface area contributed by atoms with Crippen LogP contribution >= 0.6 is 0 Å². The number of halogens is 1. The lowest BCUT2D eigenvalue weighted by atomic mass is 9.44. The molecule has 0 aliphatic heterocycles. The fourth-order valence-corrected chi connectivity index (χ4v) is 8.40. The van der Waals surface area contributed by atoms with E-state index < -0.39 is 82.3 Å². The van der Waals surface area contributed by atoms with Crippen LogP contribution in [-0.4, -0.2) is 97.8 Å². The summed E-state index contributed by atoms with van der Waals surface area (Å²) in [6.07, 6.45) is 1.29. The topological polar surface area (TPSA) is 203 Å². The first-order chi connectivity index (χ1) is 21.6. The Morgan fingerprint density at radius 3 is 2.59 bits per heavy atom. The highest BCUT2D eigenvalue weighted by Gasteiger charge is 2.76. The number of allylic oxidation sites excluding steroid dienone is 4. The van der Waals surface area contributed by atoms with E-state index in [0.717, 1.165) is 0 Å². The number of nitrogens with zero attached hydrogens (tertiary/aromatic N) is 1. The lowest BCUT2D eigenvalue weighted by molar-refractivity contribution is -0.492. The number of nitrogens with one attached hydrogen (secondary N) is 1. The van der Waals surface area contributed by atoms with Crippen LogP contribution in [0, 0.1) is 22.7 Å². The summed E-state index contributed by atoms with van der Waals surface area (Å²) in [6.45, 7) is 1.55. The predicted molar refractivity (Wildman–Crippen MR) is 155 cm³/mol. The number of hydrogen-bond donors (Lipinski definition) is 6. The molecular weight excluding hydrogens is 607 g/mol. The number of esters is 1. The number of Topliss-reactive ketones (excluding diaryl/α,β-unsaturated/α-hetero) is 1. The fraction of sp³-hybridized carbons (Fsp3) is 0.562. The van der Waals surface area contributed by atoms with Gasteiger partial charge in [-0.15, -0.1) is 0 Å². The third kappa shape index (κ3) is 5.41. The van der Waals surface area contributed by atoms with E-state index in [1.807, 2.05) is 0 Å². The second-order valence-corrected chi connectivity index (χ2v) is 13.1. The summed E-state index contributed by atoms with van der Waals surface area (Å²) in [4.78, 5) is 55.0. The maximum atomic E-state index is 17.2. The number of ketones is 2. The monoisotopic (exact) mass is 646 g/mol. The molecule has 1 amide bonds. The van der Waals surface area contributed by atoms with Gasteiger partial charge >= 0.3 is 5.97 Å². The van der Waals surface area contributed by atoms with Crippen LogP contribution in [0.4, 0.5) is 4.39 Å². The molecule has 14 heteroatoms. The zero-order valence-electron chi connectivity index (χ0n) is 25.5. The highest BCUT2D eigenvalue weighted by Crippen LogP contribution is 2.69. The summed E-state index contributed by atoms with van der Waals surface area (Å²) in [6, 6.07) is 6.28.